The number of benzene rings is 1. The Morgan fingerprint density at radius 1 is 1.11 bits per heavy atom. The van der Waals surface area contributed by atoms with Crippen molar-refractivity contribution in [1.82, 2.24) is 24.5 Å². The first-order valence-electron chi connectivity index (χ1n) is 15.7. The molecule has 3 aliphatic rings. The first-order valence-corrected chi connectivity index (χ1v) is 17.6. The summed E-state index contributed by atoms with van der Waals surface area (Å²) in [6.07, 6.45) is 10.2. The van der Waals surface area contributed by atoms with Gasteiger partial charge in [0.2, 0.25) is 10.0 Å². The van der Waals surface area contributed by atoms with E-state index in [0.717, 1.165) is 71.2 Å². The van der Waals surface area contributed by atoms with Crippen molar-refractivity contribution in [3.05, 3.63) is 53.3 Å². The van der Waals surface area contributed by atoms with Gasteiger partial charge in [-0.1, -0.05) is 5.57 Å². The zero-order valence-electron chi connectivity index (χ0n) is 26.3. The van der Waals surface area contributed by atoms with Crippen LogP contribution in [0.15, 0.2) is 41.9 Å². The van der Waals surface area contributed by atoms with Crippen LogP contribution in [0, 0.1) is 11.7 Å². The molecular formula is C32H45FN6O4S. The maximum Gasteiger partial charge on any atom is 0.257 e. The van der Waals surface area contributed by atoms with Crippen molar-refractivity contribution < 1.29 is 22.3 Å². The van der Waals surface area contributed by atoms with Crippen molar-refractivity contribution in [2.24, 2.45) is 5.92 Å². The minimum atomic E-state index is -3.14. The summed E-state index contributed by atoms with van der Waals surface area (Å²) in [7, 11) is -3.14. The smallest absolute Gasteiger partial charge is 0.257 e. The predicted molar refractivity (Wildman–Crippen MR) is 169 cm³/mol. The summed E-state index contributed by atoms with van der Waals surface area (Å²) >= 11 is 0. The van der Waals surface area contributed by atoms with Crippen LogP contribution in [-0.2, 0) is 10.0 Å². The Labute approximate surface area is 260 Å². The number of hydrogen-bond donors (Lipinski definition) is 1. The molecule has 2 aromatic rings. The topological polar surface area (TPSA) is 108 Å². The fraction of sp³-hybridized carbons (Fsp3) is 0.594. The number of amides is 1. The molecular weight excluding hydrogens is 583 g/mol. The normalized spacial score (nSPS) is 21.4. The molecule has 1 aromatic carbocycles. The number of hydrogen-bond acceptors (Lipinski definition) is 8. The largest absolute Gasteiger partial charge is 0.451 e. The molecule has 1 aliphatic carbocycles. The predicted octanol–water partition coefficient (Wildman–Crippen LogP) is 4.60. The summed E-state index contributed by atoms with van der Waals surface area (Å²) < 4.78 is 46.3. The molecule has 2 saturated heterocycles. The summed E-state index contributed by atoms with van der Waals surface area (Å²) in [6.45, 7) is 11.0. The molecule has 0 radical (unpaired) electrons. The maximum atomic E-state index is 14.2. The van der Waals surface area contributed by atoms with E-state index in [1.807, 2.05) is 20.8 Å². The van der Waals surface area contributed by atoms with Crippen LogP contribution in [0.4, 0.5) is 10.2 Å². The lowest BCUT2D eigenvalue weighted by Gasteiger charge is -2.41. The minimum Gasteiger partial charge on any atom is -0.451 e. The Morgan fingerprint density at radius 3 is 2.45 bits per heavy atom. The van der Waals surface area contributed by atoms with E-state index < -0.39 is 15.8 Å². The summed E-state index contributed by atoms with van der Waals surface area (Å²) in [6, 6.07) is 4.06. The van der Waals surface area contributed by atoms with Crippen LogP contribution in [-0.4, -0.2) is 91.7 Å². The van der Waals surface area contributed by atoms with Gasteiger partial charge in [-0.15, -0.1) is 0 Å². The zero-order valence-corrected chi connectivity index (χ0v) is 27.1. The van der Waals surface area contributed by atoms with Crippen molar-refractivity contribution in [1.29, 1.82) is 0 Å². The third-order valence-corrected chi connectivity index (χ3v) is 9.78. The van der Waals surface area contributed by atoms with Gasteiger partial charge in [-0.05, 0) is 89.0 Å². The van der Waals surface area contributed by atoms with Gasteiger partial charge in [0.1, 0.15) is 17.9 Å². The number of carbonyl (C=O) groups is 1. The zero-order chi connectivity index (χ0) is 31.4. The molecule has 10 nitrogen and oxygen atoms in total. The highest BCUT2D eigenvalue weighted by Crippen LogP contribution is 2.36. The highest BCUT2D eigenvalue weighted by atomic mass is 32.2. The Hall–Kier alpha value is -3.09. The van der Waals surface area contributed by atoms with E-state index in [2.05, 4.69) is 24.5 Å². The number of carbonyl (C=O) groups excluding carboxylic acids is 1. The van der Waals surface area contributed by atoms with E-state index in [-0.39, 0.29) is 29.3 Å². The molecule has 1 amide bonds. The number of nitrogens with zero attached hydrogens (tertiary/aromatic N) is 5. The monoisotopic (exact) mass is 628 g/mol. The number of anilines is 1. The maximum absolute atomic E-state index is 14.2. The molecule has 0 bridgehead atoms. The average molecular weight is 629 g/mol. The van der Waals surface area contributed by atoms with Crippen LogP contribution in [0.2, 0.25) is 0 Å². The third kappa shape index (κ3) is 7.94. The van der Waals surface area contributed by atoms with E-state index in [4.69, 9.17) is 4.74 Å². The van der Waals surface area contributed by atoms with Gasteiger partial charge >= 0.3 is 0 Å². The molecule has 0 unspecified atom stereocenters. The van der Waals surface area contributed by atoms with Crippen LogP contribution in [0.25, 0.3) is 0 Å². The lowest BCUT2D eigenvalue weighted by molar-refractivity contribution is 0.0713. The summed E-state index contributed by atoms with van der Waals surface area (Å²) in [4.78, 5) is 28.4. The standard InChI is InChI=1S/C32H45FN6O4S/c1-5-39(22(2)3)32(40)28-16-26(33)8-11-29(28)43-30-17-34-21-35-31(30)38-14-12-24(13-15-38)25-19-37(20-25)18-23-6-9-27(10-7-23)36-44(4,41)42/h8,11,16-17,21-23,27,36H,5-7,9-10,12-15,18-20H2,1-4H3. The summed E-state index contributed by atoms with van der Waals surface area (Å²) in [5, 5.41) is 0. The number of rotatable bonds is 10. The van der Waals surface area contributed by atoms with Crippen molar-refractivity contribution in [2.75, 3.05) is 50.4 Å². The van der Waals surface area contributed by atoms with Gasteiger partial charge in [0, 0.05) is 51.4 Å². The Balaban J connectivity index is 1.17. The Bertz CT molecular complexity index is 1460. The lowest BCUT2D eigenvalue weighted by atomic mass is 9.85. The second kappa shape index (κ2) is 13.9. The van der Waals surface area contributed by atoms with Crippen LogP contribution in [0.5, 0.6) is 11.5 Å². The van der Waals surface area contributed by atoms with E-state index in [1.54, 1.807) is 11.1 Å². The van der Waals surface area contributed by atoms with E-state index in [1.165, 1.54) is 41.9 Å². The SMILES string of the molecule is CCN(C(=O)c1cc(F)ccc1Oc1cncnc1N1CCC(=C2CN(CC3CCC(NS(C)(=O)=O)CC3)C2)CC1)C(C)C. The molecule has 240 valence electrons. The molecule has 1 saturated carbocycles. The van der Waals surface area contributed by atoms with Crippen LogP contribution >= 0.6 is 0 Å². The molecule has 3 fully saturated rings. The lowest BCUT2D eigenvalue weighted by Crippen LogP contribution is -2.46. The molecule has 3 heterocycles. The number of halogens is 1. The number of nitrogens with one attached hydrogen (secondary N) is 1. The number of sulfonamides is 1. The van der Waals surface area contributed by atoms with Crippen molar-refractivity contribution in [3.63, 3.8) is 0 Å². The minimum absolute atomic E-state index is 0.0371. The van der Waals surface area contributed by atoms with Crippen LogP contribution in [0.3, 0.4) is 0 Å². The van der Waals surface area contributed by atoms with E-state index in [0.29, 0.717) is 24.0 Å². The van der Waals surface area contributed by atoms with Gasteiger partial charge in [-0.3, -0.25) is 9.69 Å². The van der Waals surface area contributed by atoms with Gasteiger partial charge in [0.05, 0.1) is 18.0 Å². The number of piperidine rings is 1. The summed E-state index contributed by atoms with van der Waals surface area (Å²) in [5.74, 6) is 1.24. The number of likely N-dealkylation sites (tertiary alicyclic amines) is 1. The fourth-order valence-electron chi connectivity index (χ4n) is 6.71. The van der Waals surface area contributed by atoms with Gasteiger partial charge in [-0.25, -0.2) is 27.5 Å². The van der Waals surface area contributed by atoms with Crippen molar-refractivity contribution >= 4 is 21.7 Å². The van der Waals surface area contributed by atoms with Gasteiger partial charge in [0.15, 0.2) is 11.6 Å². The molecule has 0 spiro atoms. The highest BCUT2D eigenvalue weighted by Gasteiger charge is 2.31. The van der Waals surface area contributed by atoms with E-state index >= 15 is 0 Å². The first kappa shape index (κ1) is 32.3. The number of ether oxygens (including phenoxy) is 1. The van der Waals surface area contributed by atoms with Gasteiger partial charge in [0.25, 0.3) is 5.91 Å². The fourth-order valence-corrected chi connectivity index (χ4v) is 7.55. The van der Waals surface area contributed by atoms with Crippen molar-refractivity contribution in [3.8, 4) is 11.5 Å². The summed E-state index contributed by atoms with van der Waals surface area (Å²) in [5.41, 5.74) is 3.24. The molecule has 12 heteroatoms. The Morgan fingerprint density at radius 2 is 1.82 bits per heavy atom. The second-order valence-electron chi connectivity index (χ2n) is 12.6. The molecule has 2 aliphatic heterocycles. The van der Waals surface area contributed by atoms with Crippen molar-refractivity contribution in [2.45, 2.75) is 71.4 Å². The van der Waals surface area contributed by atoms with Crippen LogP contribution in [0.1, 0.15) is 69.7 Å². The molecule has 5 rings (SSSR count). The first-order chi connectivity index (χ1) is 21.0. The number of aromatic nitrogens is 2. The second-order valence-corrected chi connectivity index (χ2v) is 14.4. The van der Waals surface area contributed by atoms with E-state index in [9.17, 15) is 17.6 Å². The highest BCUT2D eigenvalue weighted by molar-refractivity contribution is 7.88. The van der Waals surface area contributed by atoms with Gasteiger partial charge < -0.3 is 14.5 Å². The van der Waals surface area contributed by atoms with Crippen LogP contribution < -0.4 is 14.4 Å². The molecule has 1 N–H and O–H groups in total. The van der Waals surface area contributed by atoms with Gasteiger partial charge in [-0.2, -0.15) is 0 Å². The molecule has 0 atom stereocenters. The Kier molecular flexibility index (Phi) is 10.2. The third-order valence-electron chi connectivity index (χ3n) is 9.02. The average Bonchev–Trinajstić information content (AvgIpc) is 2.96. The molecule has 1 aromatic heterocycles. The molecule has 44 heavy (non-hydrogen) atoms. The quantitative estimate of drug-likeness (QED) is 0.381.